The molecule has 0 spiro atoms. The second kappa shape index (κ2) is 5.70. The van der Waals surface area contributed by atoms with Gasteiger partial charge in [0.2, 0.25) is 0 Å². The van der Waals surface area contributed by atoms with Crippen molar-refractivity contribution in [2.45, 2.75) is 38.1 Å². The Morgan fingerprint density at radius 2 is 2.32 bits per heavy atom. The van der Waals surface area contributed by atoms with Gasteiger partial charge >= 0.3 is 5.97 Å². The van der Waals surface area contributed by atoms with Gasteiger partial charge in [-0.2, -0.15) is 0 Å². The molecule has 1 atom stereocenters. The minimum atomic E-state index is -0.472. The fraction of sp³-hybridized carbons (Fsp3) is 0.533. The van der Waals surface area contributed by atoms with Crippen LogP contribution in [0, 0.1) is 5.82 Å². The number of fused-ring (bicyclic) bond motifs is 1. The Balaban J connectivity index is 2.36. The number of halogens is 1. The summed E-state index contributed by atoms with van der Waals surface area (Å²) in [4.78, 5) is 11.7. The van der Waals surface area contributed by atoms with Crippen LogP contribution in [-0.2, 0) is 21.5 Å². The van der Waals surface area contributed by atoms with E-state index in [9.17, 15) is 9.18 Å². The molecule has 19 heavy (non-hydrogen) atoms. The molecule has 2 rings (SSSR count). The number of rotatable bonds is 5. The maximum atomic E-state index is 13.8. The Morgan fingerprint density at radius 3 is 3.00 bits per heavy atom. The Labute approximate surface area is 113 Å². The number of benzene rings is 1. The summed E-state index contributed by atoms with van der Waals surface area (Å²) in [5, 5.41) is 3.43. The summed E-state index contributed by atoms with van der Waals surface area (Å²) in [6.07, 6.45) is 2.61. The lowest BCUT2D eigenvalue weighted by atomic mass is 9.88. The lowest BCUT2D eigenvalue weighted by Crippen LogP contribution is -2.43. The van der Waals surface area contributed by atoms with Crippen LogP contribution in [0.3, 0.4) is 0 Å². The highest BCUT2D eigenvalue weighted by atomic mass is 19.1. The van der Waals surface area contributed by atoms with E-state index in [1.807, 2.05) is 6.07 Å². The van der Waals surface area contributed by atoms with Crippen molar-refractivity contribution in [1.29, 1.82) is 0 Å². The van der Waals surface area contributed by atoms with Crippen molar-refractivity contribution >= 4 is 5.97 Å². The summed E-state index contributed by atoms with van der Waals surface area (Å²) in [5.74, 6) is -0.441. The Bertz CT molecular complexity index is 475. The van der Waals surface area contributed by atoms with Crippen LogP contribution < -0.4 is 5.32 Å². The molecular weight excluding hydrogens is 245 g/mol. The van der Waals surface area contributed by atoms with Gasteiger partial charge in [0.25, 0.3) is 0 Å². The molecule has 3 nitrogen and oxygen atoms in total. The second-order valence-corrected chi connectivity index (χ2v) is 5.03. The smallest absolute Gasteiger partial charge is 0.307 e. The van der Waals surface area contributed by atoms with Crippen molar-refractivity contribution in [2.75, 3.05) is 13.7 Å². The number of nitrogens with one attached hydrogen (secondary N) is 1. The molecule has 1 N–H and O–H groups in total. The van der Waals surface area contributed by atoms with Gasteiger partial charge in [0.1, 0.15) is 5.82 Å². The first-order valence-electron chi connectivity index (χ1n) is 6.72. The average Bonchev–Trinajstić information content (AvgIpc) is 2.77. The van der Waals surface area contributed by atoms with E-state index in [0.717, 1.165) is 30.5 Å². The maximum Gasteiger partial charge on any atom is 0.307 e. The summed E-state index contributed by atoms with van der Waals surface area (Å²) in [5.41, 5.74) is 1.17. The molecule has 0 aliphatic heterocycles. The van der Waals surface area contributed by atoms with Gasteiger partial charge in [0.15, 0.2) is 0 Å². The van der Waals surface area contributed by atoms with Crippen LogP contribution in [-0.4, -0.2) is 19.6 Å². The standard InChI is InChI=1S/C15H20FNO2/c1-3-9-17-15(10-14(18)19-2)8-7-11-12(15)5-4-6-13(11)16/h4-6,17H,3,7-10H2,1-2H3. The number of methoxy groups -OCH3 is 1. The van der Waals surface area contributed by atoms with Crippen molar-refractivity contribution in [3.63, 3.8) is 0 Å². The van der Waals surface area contributed by atoms with Crippen molar-refractivity contribution in [1.82, 2.24) is 5.32 Å². The van der Waals surface area contributed by atoms with Gasteiger partial charge in [-0.3, -0.25) is 4.79 Å². The Morgan fingerprint density at radius 1 is 1.53 bits per heavy atom. The topological polar surface area (TPSA) is 38.3 Å². The van der Waals surface area contributed by atoms with Crippen LogP contribution >= 0.6 is 0 Å². The molecule has 1 unspecified atom stereocenters. The summed E-state index contributed by atoms with van der Waals surface area (Å²) in [7, 11) is 1.39. The predicted molar refractivity (Wildman–Crippen MR) is 71.3 cm³/mol. The lowest BCUT2D eigenvalue weighted by Gasteiger charge is -2.31. The second-order valence-electron chi connectivity index (χ2n) is 5.03. The third-order valence-electron chi connectivity index (χ3n) is 3.82. The zero-order chi connectivity index (χ0) is 13.9. The molecule has 0 bridgehead atoms. The molecule has 1 aromatic rings. The average molecular weight is 265 g/mol. The largest absolute Gasteiger partial charge is 0.469 e. The zero-order valence-electron chi connectivity index (χ0n) is 11.5. The SMILES string of the molecule is CCCNC1(CC(=O)OC)CCc2c(F)cccc21. The molecule has 1 aromatic carbocycles. The quantitative estimate of drug-likeness (QED) is 0.831. The first-order valence-corrected chi connectivity index (χ1v) is 6.72. The fourth-order valence-corrected chi connectivity index (χ4v) is 2.85. The van der Waals surface area contributed by atoms with Gasteiger partial charge in [-0.05, 0) is 43.0 Å². The minimum absolute atomic E-state index is 0.178. The van der Waals surface area contributed by atoms with Gasteiger partial charge in [-0.15, -0.1) is 0 Å². The number of hydrogen-bond acceptors (Lipinski definition) is 3. The van der Waals surface area contributed by atoms with Crippen molar-refractivity contribution in [2.24, 2.45) is 0 Å². The Hall–Kier alpha value is -1.42. The highest BCUT2D eigenvalue weighted by molar-refractivity contribution is 5.71. The highest BCUT2D eigenvalue weighted by Crippen LogP contribution is 2.40. The van der Waals surface area contributed by atoms with E-state index in [-0.39, 0.29) is 18.2 Å². The molecule has 1 aliphatic rings. The fourth-order valence-electron chi connectivity index (χ4n) is 2.85. The monoisotopic (exact) mass is 265 g/mol. The van der Waals surface area contributed by atoms with Crippen LogP contribution in [0.5, 0.6) is 0 Å². The number of ether oxygens (including phenoxy) is 1. The van der Waals surface area contributed by atoms with Crippen LogP contribution in [0.25, 0.3) is 0 Å². The molecule has 0 saturated carbocycles. The molecule has 0 fully saturated rings. The molecule has 0 heterocycles. The number of esters is 1. The molecule has 104 valence electrons. The van der Waals surface area contributed by atoms with E-state index in [1.54, 1.807) is 6.07 Å². The highest BCUT2D eigenvalue weighted by Gasteiger charge is 2.41. The predicted octanol–water partition coefficient (Wildman–Crippen LogP) is 2.53. The minimum Gasteiger partial charge on any atom is -0.469 e. The van der Waals surface area contributed by atoms with E-state index in [4.69, 9.17) is 4.74 Å². The molecule has 0 radical (unpaired) electrons. The first kappa shape index (κ1) is 14.0. The zero-order valence-corrected chi connectivity index (χ0v) is 11.5. The van der Waals surface area contributed by atoms with Crippen molar-refractivity contribution < 1.29 is 13.9 Å². The summed E-state index contributed by atoms with van der Waals surface area (Å²) in [6.45, 7) is 2.87. The molecule has 0 saturated heterocycles. The van der Waals surface area contributed by atoms with Gasteiger partial charge in [0.05, 0.1) is 19.1 Å². The van der Waals surface area contributed by atoms with E-state index in [0.29, 0.717) is 6.42 Å². The van der Waals surface area contributed by atoms with Crippen LogP contribution in [0.1, 0.15) is 37.3 Å². The van der Waals surface area contributed by atoms with E-state index >= 15 is 0 Å². The van der Waals surface area contributed by atoms with Crippen LogP contribution in [0.4, 0.5) is 4.39 Å². The summed E-state index contributed by atoms with van der Waals surface area (Å²) in [6, 6.07) is 5.10. The molecule has 0 amide bonds. The van der Waals surface area contributed by atoms with Gasteiger partial charge < -0.3 is 10.1 Å². The normalized spacial score (nSPS) is 21.2. The third kappa shape index (κ3) is 2.63. The lowest BCUT2D eigenvalue weighted by molar-refractivity contribution is -0.142. The molecule has 4 heteroatoms. The summed E-state index contributed by atoms with van der Waals surface area (Å²) < 4.78 is 18.6. The molecule has 1 aliphatic carbocycles. The van der Waals surface area contributed by atoms with Gasteiger partial charge in [-0.25, -0.2) is 4.39 Å². The van der Waals surface area contributed by atoms with E-state index in [1.165, 1.54) is 13.2 Å². The van der Waals surface area contributed by atoms with Crippen molar-refractivity contribution in [3.8, 4) is 0 Å². The maximum absolute atomic E-state index is 13.8. The number of carbonyl (C=O) groups is 1. The molecule has 0 aromatic heterocycles. The van der Waals surface area contributed by atoms with Crippen LogP contribution in [0.15, 0.2) is 18.2 Å². The molecular formula is C15H20FNO2. The van der Waals surface area contributed by atoms with Gasteiger partial charge in [-0.1, -0.05) is 19.1 Å². The number of carbonyl (C=O) groups excluding carboxylic acids is 1. The van der Waals surface area contributed by atoms with Gasteiger partial charge in [0, 0.05) is 0 Å². The Kier molecular flexibility index (Phi) is 4.20. The number of hydrogen-bond donors (Lipinski definition) is 1. The first-order chi connectivity index (χ1) is 9.13. The van der Waals surface area contributed by atoms with Crippen LogP contribution in [0.2, 0.25) is 0 Å². The summed E-state index contributed by atoms with van der Waals surface area (Å²) >= 11 is 0. The van der Waals surface area contributed by atoms with E-state index < -0.39 is 5.54 Å². The van der Waals surface area contributed by atoms with E-state index in [2.05, 4.69) is 12.2 Å². The van der Waals surface area contributed by atoms with Crippen molar-refractivity contribution in [3.05, 3.63) is 35.1 Å². The third-order valence-corrected chi connectivity index (χ3v) is 3.82.